The monoisotopic (exact) mass is 323 g/mol. The lowest BCUT2D eigenvalue weighted by atomic mass is 10.0. The minimum absolute atomic E-state index is 0.0685. The van der Waals surface area contributed by atoms with Crippen LogP contribution in [0.15, 0.2) is 17.0 Å². The standard InChI is InChI=1S/C12H9ClF3NO2S/c1-2-19-11(18)9-4-8(20-12(14,15)16)3-7(6-17)10(9)5-13/h3-4H,2,5H2,1H3. The molecule has 0 fully saturated rings. The van der Waals surface area contributed by atoms with Crippen LogP contribution in [-0.4, -0.2) is 18.1 Å². The summed E-state index contributed by atoms with van der Waals surface area (Å²) < 4.78 is 41.9. The van der Waals surface area contributed by atoms with E-state index in [4.69, 9.17) is 21.6 Å². The fourth-order valence-electron chi connectivity index (χ4n) is 1.47. The van der Waals surface area contributed by atoms with E-state index in [0.29, 0.717) is 0 Å². The SMILES string of the molecule is CCOC(=O)c1cc(SC(F)(F)F)cc(C#N)c1CCl. The van der Waals surface area contributed by atoms with E-state index in [2.05, 4.69) is 0 Å². The van der Waals surface area contributed by atoms with Gasteiger partial charge in [-0.1, -0.05) is 0 Å². The number of nitrogens with zero attached hydrogens (tertiary/aromatic N) is 1. The lowest BCUT2D eigenvalue weighted by Gasteiger charge is -2.12. The number of nitriles is 1. The lowest BCUT2D eigenvalue weighted by Crippen LogP contribution is -2.10. The minimum atomic E-state index is -4.51. The number of halogens is 4. The molecule has 8 heteroatoms. The van der Waals surface area contributed by atoms with E-state index in [1.165, 1.54) is 0 Å². The second-order valence-corrected chi connectivity index (χ2v) is 4.92. The predicted molar refractivity (Wildman–Crippen MR) is 68.6 cm³/mol. The number of rotatable bonds is 4. The van der Waals surface area contributed by atoms with Gasteiger partial charge in [-0.2, -0.15) is 18.4 Å². The molecule has 1 aromatic carbocycles. The molecule has 0 heterocycles. The summed E-state index contributed by atoms with van der Waals surface area (Å²) >= 11 is 5.25. The third kappa shape index (κ3) is 4.32. The van der Waals surface area contributed by atoms with Crippen LogP contribution >= 0.6 is 23.4 Å². The summed E-state index contributed by atoms with van der Waals surface area (Å²) in [5.41, 5.74) is -4.54. The highest BCUT2D eigenvalue weighted by atomic mass is 35.5. The number of hydrogen-bond acceptors (Lipinski definition) is 4. The number of benzene rings is 1. The Morgan fingerprint density at radius 2 is 2.15 bits per heavy atom. The molecule has 0 saturated carbocycles. The molecule has 0 unspecified atom stereocenters. The highest BCUT2D eigenvalue weighted by Gasteiger charge is 2.30. The summed E-state index contributed by atoms with van der Waals surface area (Å²) in [6, 6.07) is 3.83. The molecule has 0 bridgehead atoms. The maximum absolute atomic E-state index is 12.4. The van der Waals surface area contributed by atoms with E-state index in [-0.39, 0.29) is 34.1 Å². The van der Waals surface area contributed by atoms with Gasteiger partial charge >= 0.3 is 11.5 Å². The van der Waals surface area contributed by atoms with Crippen LogP contribution in [0.3, 0.4) is 0 Å². The van der Waals surface area contributed by atoms with Gasteiger partial charge in [-0.3, -0.25) is 0 Å². The van der Waals surface area contributed by atoms with E-state index in [9.17, 15) is 18.0 Å². The normalized spacial score (nSPS) is 11.0. The average Bonchev–Trinajstić information content (AvgIpc) is 2.35. The quantitative estimate of drug-likeness (QED) is 0.476. The highest BCUT2D eigenvalue weighted by Crippen LogP contribution is 2.38. The van der Waals surface area contributed by atoms with Crippen molar-refractivity contribution in [1.82, 2.24) is 0 Å². The van der Waals surface area contributed by atoms with Crippen molar-refractivity contribution in [3.63, 3.8) is 0 Å². The summed E-state index contributed by atoms with van der Waals surface area (Å²) in [5.74, 6) is -0.974. The molecule has 0 aliphatic heterocycles. The number of alkyl halides is 4. The number of carbonyl (C=O) groups excluding carboxylic acids is 1. The van der Waals surface area contributed by atoms with Crippen LogP contribution in [0.1, 0.15) is 28.4 Å². The molecule has 0 aliphatic rings. The minimum Gasteiger partial charge on any atom is -0.462 e. The number of ether oxygens (including phenoxy) is 1. The average molecular weight is 324 g/mol. The maximum Gasteiger partial charge on any atom is 0.446 e. The first-order chi connectivity index (χ1) is 9.32. The number of thioether (sulfide) groups is 1. The third-order valence-electron chi connectivity index (χ3n) is 2.21. The smallest absolute Gasteiger partial charge is 0.446 e. The van der Waals surface area contributed by atoms with Crippen molar-refractivity contribution in [3.8, 4) is 6.07 Å². The second kappa shape index (κ2) is 6.86. The molecule has 0 amide bonds. The summed E-state index contributed by atoms with van der Waals surface area (Å²) in [6.45, 7) is 1.64. The van der Waals surface area contributed by atoms with Crippen molar-refractivity contribution >= 4 is 29.3 Å². The van der Waals surface area contributed by atoms with Crippen LogP contribution < -0.4 is 0 Å². The van der Waals surface area contributed by atoms with Crippen LogP contribution in [0.25, 0.3) is 0 Å². The molecule has 0 aromatic heterocycles. The molecule has 0 aliphatic carbocycles. The van der Waals surface area contributed by atoms with E-state index in [0.717, 1.165) is 12.1 Å². The first-order valence-electron chi connectivity index (χ1n) is 5.38. The van der Waals surface area contributed by atoms with Crippen LogP contribution in [-0.2, 0) is 10.6 Å². The number of carbonyl (C=O) groups is 1. The molecule has 0 atom stereocenters. The first-order valence-corrected chi connectivity index (χ1v) is 6.73. The predicted octanol–water partition coefficient (Wildman–Crippen LogP) is 4.09. The number of hydrogen-bond donors (Lipinski definition) is 0. The van der Waals surface area contributed by atoms with Crippen LogP contribution in [0, 0.1) is 11.3 Å². The fourth-order valence-corrected chi connectivity index (χ4v) is 2.38. The van der Waals surface area contributed by atoms with Crippen LogP contribution in [0.4, 0.5) is 13.2 Å². The lowest BCUT2D eigenvalue weighted by molar-refractivity contribution is -0.0328. The van der Waals surface area contributed by atoms with Gasteiger partial charge in [-0.25, -0.2) is 4.79 Å². The molecule has 1 rings (SSSR count). The van der Waals surface area contributed by atoms with Gasteiger partial charge in [0, 0.05) is 10.8 Å². The molecule has 20 heavy (non-hydrogen) atoms. The van der Waals surface area contributed by atoms with Crippen LogP contribution in [0.2, 0.25) is 0 Å². The summed E-state index contributed by atoms with van der Waals surface area (Å²) in [7, 11) is 0. The van der Waals surface area contributed by atoms with Gasteiger partial charge in [-0.05, 0) is 36.4 Å². The van der Waals surface area contributed by atoms with Crippen molar-refractivity contribution < 1.29 is 22.7 Å². The van der Waals surface area contributed by atoms with Gasteiger partial charge in [0.05, 0.1) is 23.8 Å². The fraction of sp³-hybridized carbons (Fsp3) is 0.333. The Morgan fingerprint density at radius 3 is 2.60 bits per heavy atom. The summed E-state index contributed by atoms with van der Waals surface area (Å²) in [5, 5.41) is 8.96. The summed E-state index contributed by atoms with van der Waals surface area (Å²) in [6.07, 6.45) is 0. The Morgan fingerprint density at radius 1 is 1.50 bits per heavy atom. The molecule has 0 radical (unpaired) electrons. The Kier molecular flexibility index (Phi) is 5.72. The van der Waals surface area contributed by atoms with Gasteiger partial charge < -0.3 is 4.74 Å². The Balaban J connectivity index is 3.35. The zero-order valence-corrected chi connectivity index (χ0v) is 11.8. The molecule has 108 valence electrons. The zero-order valence-electron chi connectivity index (χ0n) is 10.3. The molecular formula is C12H9ClF3NO2S. The van der Waals surface area contributed by atoms with E-state index in [1.54, 1.807) is 13.0 Å². The van der Waals surface area contributed by atoms with Gasteiger partial charge in [0.1, 0.15) is 0 Å². The molecular weight excluding hydrogens is 315 g/mol. The van der Waals surface area contributed by atoms with Gasteiger partial charge in [0.25, 0.3) is 0 Å². The molecule has 0 spiro atoms. The Labute approximate surface area is 122 Å². The van der Waals surface area contributed by atoms with Gasteiger partial charge in [0.15, 0.2) is 0 Å². The topological polar surface area (TPSA) is 50.1 Å². The van der Waals surface area contributed by atoms with E-state index >= 15 is 0 Å². The molecule has 0 saturated heterocycles. The van der Waals surface area contributed by atoms with Crippen molar-refractivity contribution in [2.24, 2.45) is 0 Å². The second-order valence-electron chi connectivity index (χ2n) is 3.51. The van der Waals surface area contributed by atoms with Gasteiger partial charge in [0.2, 0.25) is 0 Å². The Hall–Kier alpha value is -1.39. The number of esters is 1. The largest absolute Gasteiger partial charge is 0.462 e. The van der Waals surface area contributed by atoms with E-state index < -0.39 is 23.2 Å². The molecule has 1 aromatic rings. The van der Waals surface area contributed by atoms with Crippen molar-refractivity contribution in [2.45, 2.75) is 23.2 Å². The molecule has 0 N–H and O–H groups in total. The van der Waals surface area contributed by atoms with Crippen molar-refractivity contribution in [3.05, 3.63) is 28.8 Å². The third-order valence-corrected chi connectivity index (χ3v) is 3.18. The Bertz CT molecular complexity index is 555. The first kappa shape index (κ1) is 16.7. The summed E-state index contributed by atoms with van der Waals surface area (Å²) in [4.78, 5) is 11.5. The van der Waals surface area contributed by atoms with E-state index in [1.807, 2.05) is 0 Å². The van der Waals surface area contributed by atoms with Crippen molar-refractivity contribution in [2.75, 3.05) is 6.61 Å². The van der Waals surface area contributed by atoms with Crippen molar-refractivity contribution in [1.29, 1.82) is 5.26 Å². The van der Waals surface area contributed by atoms with Crippen LogP contribution in [0.5, 0.6) is 0 Å². The highest BCUT2D eigenvalue weighted by molar-refractivity contribution is 8.00. The zero-order chi connectivity index (χ0) is 15.3. The maximum atomic E-state index is 12.4. The van der Waals surface area contributed by atoms with Gasteiger partial charge in [-0.15, -0.1) is 11.6 Å². The molecule has 3 nitrogen and oxygen atoms in total.